The molecule has 202 valence electrons. The standard InChI is InChI=1S/C30H40O7/c1-6-35-30-14-21-19(11-10-18-8-7-9-23(32)28(18,21)4)20-13-22(34-15-31)26(25(20)30)29(5,37-30)24-12-16(2)17(3)27(33)36-24/h7-8,10,15-17,19-22,24-26H,6,9,11-14H2,1-5H3/t16-,17+,19-,20-,21-,22-,24+,25+,26-,28-,29-,30+/m0/s1. The van der Waals surface area contributed by atoms with Crippen LogP contribution in [0.15, 0.2) is 23.8 Å². The first kappa shape index (κ1) is 25.3. The normalized spacial score (nSPS) is 52.0. The second kappa shape index (κ2) is 8.51. The maximum absolute atomic E-state index is 13.5. The van der Waals surface area contributed by atoms with Gasteiger partial charge >= 0.3 is 5.97 Å². The van der Waals surface area contributed by atoms with Crippen molar-refractivity contribution in [2.45, 2.75) is 90.3 Å². The number of ether oxygens (including phenoxy) is 4. The molecule has 0 aromatic rings. The van der Waals surface area contributed by atoms with Gasteiger partial charge in [0.2, 0.25) is 0 Å². The summed E-state index contributed by atoms with van der Waals surface area (Å²) in [6.07, 6.45) is 8.87. The Kier molecular flexibility index (Phi) is 5.81. The van der Waals surface area contributed by atoms with Crippen LogP contribution in [0, 0.1) is 46.8 Å². The number of carbonyl (C=O) groups excluding carboxylic acids is 3. The number of carbonyl (C=O) groups is 3. The summed E-state index contributed by atoms with van der Waals surface area (Å²) in [6.45, 7) is 11.1. The maximum Gasteiger partial charge on any atom is 0.309 e. The number of cyclic esters (lactones) is 1. The SMILES string of the molecule is CCO[C@@]12C[C@H]3[C@@H](CC=C4C=CCC(=O)[C@@]43C)[C@@H]3C[C@H](OC=O)[C@@H]([C@@H]31)[C@](C)([C@H]1C[C@H](C)[C@@H](C)C(=O)O1)O2. The zero-order valence-corrected chi connectivity index (χ0v) is 22.6. The fraction of sp³-hybridized carbons (Fsp3) is 0.767. The van der Waals surface area contributed by atoms with Gasteiger partial charge in [0.05, 0.1) is 11.3 Å². The van der Waals surface area contributed by atoms with E-state index in [0.29, 0.717) is 38.8 Å². The molecule has 2 aliphatic heterocycles. The van der Waals surface area contributed by atoms with E-state index in [1.165, 1.54) is 0 Å². The van der Waals surface area contributed by atoms with Gasteiger partial charge in [-0.1, -0.05) is 32.1 Å². The van der Waals surface area contributed by atoms with E-state index >= 15 is 0 Å². The third kappa shape index (κ3) is 3.28. The van der Waals surface area contributed by atoms with Crippen LogP contribution >= 0.6 is 0 Å². The van der Waals surface area contributed by atoms with Crippen molar-refractivity contribution in [2.75, 3.05) is 6.61 Å². The Morgan fingerprint density at radius 2 is 1.92 bits per heavy atom. The maximum atomic E-state index is 13.5. The molecule has 0 unspecified atom stereocenters. The van der Waals surface area contributed by atoms with Gasteiger partial charge in [0.25, 0.3) is 6.47 Å². The van der Waals surface area contributed by atoms with Crippen molar-refractivity contribution in [3.63, 3.8) is 0 Å². The second-order valence-corrected chi connectivity index (χ2v) is 12.8. The Labute approximate surface area is 219 Å². The van der Waals surface area contributed by atoms with Gasteiger partial charge < -0.3 is 18.9 Å². The molecule has 0 aromatic heterocycles. The van der Waals surface area contributed by atoms with Gasteiger partial charge in [0, 0.05) is 31.3 Å². The van der Waals surface area contributed by atoms with Crippen LogP contribution in [-0.4, -0.2) is 48.4 Å². The quantitative estimate of drug-likeness (QED) is 0.399. The van der Waals surface area contributed by atoms with E-state index in [0.717, 1.165) is 12.0 Å². The van der Waals surface area contributed by atoms with Crippen LogP contribution in [0.2, 0.25) is 0 Å². The lowest BCUT2D eigenvalue weighted by atomic mass is 9.49. The van der Waals surface area contributed by atoms with Crippen molar-refractivity contribution in [2.24, 2.45) is 46.8 Å². The molecule has 0 bridgehead atoms. The van der Waals surface area contributed by atoms with Gasteiger partial charge in [0.15, 0.2) is 5.79 Å². The van der Waals surface area contributed by atoms with Crippen LogP contribution in [0.1, 0.15) is 66.7 Å². The minimum absolute atomic E-state index is 0.00945. The summed E-state index contributed by atoms with van der Waals surface area (Å²) in [6, 6.07) is 0. The molecule has 0 amide bonds. The first-order chi connectivity index (χ1) is 17.6. The predicted octanol–water partition coefficient (Wildman–Crippen LogP) is 4.39. The molecule has 2 saturated heterocycles. The summed E-state index contributed by atoms with van der Waals surface area (Å²) in [5, 5.41) is 0. The number of hydrogen-bond donors (Lipinski definition) is 0. The van der Waals surface area contributed by atoms with Crippen molar-refractivity contribution < 1.29 is 33.3 Å². The smallest absolute Gasteiger partial charge is 0.309 e. The molecule has 2 saturated carbocycles. The first-order valence-electron chi connectivity index (χ1n) is 14.1. The molecular weight excluding hydrogens is 472 g/mol. The van der Waals surface area contributed by atoms with Crippen molar-refractivity contribution >= 4 is 18.2 Å². The van der Waals surface area contributed by atoms with Crippen LogP contribution < -0.4 is 0 Å². The Morgan fingerprint density at radius 3 is 2.62 bits per heavy atom. The molecule has 0 aromatic carbocycles. The van der Waals surface area contributed by atoms with Crippen LogP contribution in [0.4, 0.5) is 0 Å². The molecular formula is C30H40O7. The lowest BCUT2D eigenvalue weighted by Gasteiger charge is -2.56. The average molecular weight is 513 g/mol. The van der Waals surface area contributed by atoms with Crippen molar-refractivity contribution in [1.29, 1.82) is 0 Å². The molecule has 7 heteroatoms. The number of esters is 1. The highest BCUT2D eigenvalue weighted by Gasteiger charge is 2.76. The second-order valence-electron chi connectivity index (χ2n) is 12.8. The molecule has 6 rings (SSSR count). The predicted molar refractivity (Wildman–Crippen MR) is 134 cm³/mol. The Hall–Kier alpha value is -1.99. The summed E-state index contributed by atoms with van der Waals surface area (Å²) in [5.74, 6) is -0.558. The lowest BCUT2D eigenvalue weighted by Crippen LogP contribution is -2.58. The van der Waals surface area contributed by atoms with E-state index in [-0.39, 0.29) is 59.3 Å². The monoisotopic (exact) mass is 512 g/mol. The molecule has 0 radical (unpaired) electrons. The van der Waals surface area contributed by atoms with Gasteiger partial charge in [-0.25, -0.2) is 0 Å². The van der Waals surface area contributed by atoms with E-state index in [1.807, 2.05) is 26.8 Å². The molecule has 2 heterocycles. The number of Topliss-reactive ketones (excluding diaryl/α,β-unsaturated/α-hetero) is 1. The molecule has 4 aliphatic carbocycles. The number of rotatable bonds is 5. The van der Waals surface area contributed by atoms with Gasteiger partial charge in [-0.05, 0) is 69.3 Å². The minimum atomic E-state index is -0.924. The first-order valence-corrected chi connectivity index (χ1v) is 14.1. The zero-order valence-electron chi connectivity index (χ0n) is 22.6. The van der Waals surface area contributed by atoms with E-state index in [4.69, 9.17) is 18.9 Å². The third-order valence-electron chi connectivity index (χ3n) is 11.3. The molecule has 4 fully saturated rings. The number of fused-ring (bicyclic) bond motifs is 4. The minimum Gasteiger partial charge on any atom is -0.464 e. The Morgan fingerprint density at radius 1 is 1.14 bits per heavy atom. The number of hydrogen-bond acceptors (Lipinski definition) is 7. The van der Waals surface area contributed by atoms with Crippen molar-refractivity contribution in [3.05, 3.63) is 23.8 Å². The van der Waals surface area contributed by atoms with Crippen molar-refractivity contribution in [1.82, 2.24) is 0 Å². The molecule has 0 N–H and O–H groups in total. The molecule has 37 heavy (non-hydrogen) atoms. The van der Waals surface area contributed by atoms with Crippen LogP contribution in [0.5, 0.6) is 0 Å². The van der Waals surface area contributed by atoms with Gasteiger partial charge in [-0.3, -0.25) is 14.4 Å². The summed E-state index contributed by atoms with van der Waals surface area (Å²) in [7, 11) is 0. The average Bonchev–Trinajstić information content (AvgIpc) is 3.37. The topological polar surface area (TPSA) is 88.1 Å². The molecule has 0 spiro atoms. The van der Waals surface area contributed by atoms with Crippen LogP contribution in [0.25, 0.3) is 0 Å². The van der Waals surface area contributed by atoms with E-state index < -0.39 is 22.9 Å². The summed E-state index contributed by atoms with van der Waals surface area (Å²) < 4.78 is 25.6. The molecule has 7 nitrogen and oxygen atoms in total. The molecule has 6 aliphatic rings. The highest BCUT2D eigenvalue weighted by Crippen LogP contribution is 2.70. The van der Waals surface area contributed by atoms with Gasteiger partial charge in [0.1, 0.15) is 23.6 Å². The Bertz CT molecular complexity index is 1060. The van der Waals surface area contributed by atoms with Crippen LogP contribution in [-0.2, 0) is 33.3 Å². The zero-order chi connectivity index (χ0) is 26.3. The fourth-order valence-corrected chi connectivity index (χ4v) is 9.38. The highest BCUT2D eigenvalue weighted by atomic mass is 16.7. The van der Waals surface area contributed by atoms with Crippen molar-refractivity contribution in [3.8, 4) is 0 Å². The summed E-state index contributed by atoms with van der Waals surface area (Å²) in [4.78, 5) is 38.1. The van der Waals surface area contributed by atoms with Gasteiger partial charge in [-0.15, -0.1) is 0 Å². The molecule has 12 atom stereocenters. The van der Waals surface area contributed by atoms with Crippen LogP contribution in [0.3, 0.4) is 0 Å². The summed E-state index contributed by atoms with van der Waals surface area (Å²) >= 11 is 0. The lowest BCUT2D eigenvalue weighted by molar-refractivity contribution is -0.311. The van der Waals surface area contributed by atoms with E-state index in [2.05, 4.69) is 26.0 Å². The fourth-order valence-electron chi connectivity index (χ4n) is 9.38. The largest absolute Gasteiger partial charge is 0.464 e. The summed E-state index contributed by atoms with van der Waals surface area (Å²) in [5.41, 5.74) is -0.349. The highest BCUT2D eigenvalue weighted by molar-refractivity contribution is 5.91. The van der Waals surface area contributed by atoms with Gasteiger partial charge in [-0.2, -0.15) is 0 Å². The van der Waals surface area contributed by atoms with E-state index in [1.54, 1.807) is 0 Å². The Balaban J connectivity index is 1.46. The number of ketones is 1. The number of allylic oxidation sites excluding steroid dienone is 4. The van der Waals surface area contributed by atoms with E-state index in [9.17, 15) is 14.4 Å². The third-order valence-corrected chi connectivity index (χ3v) is 11.3.